The Hall–Kier alpha value is -0.590. The maximum atomic E-state index is 12.3. The zero-order chi connectivity index (χ0) is 13.9. The minimum absolute atomic E-state index is 0.336. The van der Waals surface area contributed by atoms with Gasteiger partial charge in [-0.1, -0.05) is 0 Å². The van der Waals surface area contributed by atoms with Crippen molar-refractivity contribution in [3.05, 3.63) is 21.9 Å². The van der Waals surface area contributed by atoms with Crippen LogP contribution in [0.5, 0.6) is 0 Å². The standard InChI is InChI=1S/C13H19F3N2S/c1-10-2-3-12(19-10)7-17-6-11-4-5-18(8-11)9-13(14,15)16/h2-3,11,17H,4-9H2,1H3. The Kier molecular flexibility index (Phi) is 4.86. The Labute approximate surface area is 115 Å². The van der Waals surface area contributed by atoms with Crippen molar-refractivity contribution in [1.29, 1.82) is 0 Å². The molecule has 1 N–H and O–H groups in total. The molecular weight excluding hydrogens is 273 g/mol. The lowest BCUT2D eigenvalue weighted by Gasteiger charge is -2.17. The zero-order valence-corrected chi connectivity index (χ0v) is 11.8. The number of rotatable bonds is 5. The van der Waals surface area contributed by atoms with Gasteiger partial charge in [-0.15, -0.1) is 11.3 Å². The van der Waals surface area contributed by atoms with Crippen molar-refractivity contribution >= 4 is 11.3 Å². The minimum Gasteiger partial charge on any atom is -0.312 e. The Morgan fingerprint density at radius 1 is 1.42 bits per heavy atom. The largest absolute Gasteiger partial charge is 0.401 e. The number of nitrogens with one attached hydrogen (secondary N) is 1. The van der Waals surface area contributed by atoms with Crippen LogP contribution in [0.1, 0.15) is 16.2 Å². The third-order valence-corrected chi connectivity index (χ3v) is 4.30. The number of likely N-dealkylation sites (tertiary alicyclic amines) is 1. The zero-order valence-electron chi connectivity index (χ0n) is 11.0. The van der Waals surface area contributed by atoms with Crippen LogP contribution in [-0.4, -0.2) is 37.3 Å². The van der Waals surface area contributed by atoms with Crippen molar-refractivity contribution in [2.45, 2.75) is 26.1 Å². The van der Waals surface area contributed by atoms with Crippen molar-refractivity contribution in [3.8, 4) is 0 Å². The summed E-state index contributed by atoms with van der Waals surface area (Å²) < 4.78 is 36.8. The van der Waals surface area contributed by atoms with E-state index in [-0.39, 0.29) is 0 Å². The molecule has 1 aromatic rings. The summed E-state index contributed by atoms with van der Waals surface area (Å²) in [6.07, 6.45) is -3.22. The van der Waals surface area contributed by atoms with Gasteiger partial charge in [0.15, 0.2) is 0 Å². The fourth-order valence-corrected chi connectivity index (χ4v) is 3.32. The second kappa shape index (κ2) is 6.24. The van der Waals surface area contributed by atoms with Crippen LogP contribution >= 0.6 is 11.3 Å². The van der Waals surface area contributed by atoms with Crippen molar-refractivity contribution in [1.82, 2.24) is 10.2 Å². The number of halogens is 3. The average molecular weight is 292 g/mol. The maximum absolute atomic E-state index is 12.3. The van der Waals surface area contributed by atoms with E-state index in [4.69, 9.17) is 0 Å². The molecule has 2 nitrogen and oxygen atoms in total. The molecular formula is C13H19F3N2S. The van der Waals surface area contributed by atoms with Crippen molar-refractivity contribution in [3.63, 3.8) is 0 Å². The lowest BCUT2D eigenvalue weighted by Crippen LogP contribution is -2.33. The van der Waals surface area contributed by atoms with Crippen molar-refractivity contribution < 1.29 is 13.2 Å². The lowest BCUT2D eigenvalue weighted by molar-refractivity contribution is -0.143. The SMILES string of the molecule is Cc1ccc(CNCC2CCN(CC(F)(F)F)C2)s1. The summed E-state index contributed by atoms with van der Waals surface area (Å²) in [6, 6.07) is 4.18. The molecule has 1 aromatic heterocycles. The van der Waals surface area contributed by atoms with Gasteiger partial charge >= 0.3 is 6.18 Å². The van der Waals surface area contributed by atoms with Gasteiger partial charge < -0.3 is 5.32 Å². The first kappa shape index (κ1) is 14.8. The molecule has 1 saturated heterocycles. The van der Waals surface area contributed by atoms with Crippen LogP contribution in [0.3, 0.4) is 0 Å². The summed E-state index contributed by atoms with van der Waals surface area (Å²) in [7, 11) is 0. The summed E-state index contributed by atoms with van der Waals surface area (Å²) in [5, 5.41) is 3.34. The second-order valence-corrected chi connectivity index (χ2v) is 6.52. The summed E-state index contributed by atoms with van der Waals surface area (Å²) in [4.78, 5) is 4.07. The molecule has 0 saturated carbocycles. The molecule has 2 rings (SSSR count). The normalized spacial score (nSPS) is 21.2. The first-order valence-corrected chi connectivity index (χ1v) is 7.29. The molecule has 0 bridgehead atoms. The van der Waals surface area contributed by atoms with Crippen LogP contribution in [-0.2, 0) is 6.54 Å². The monoisotopic (exact) mass is 292 g/mol. The van der Waals surface area contributed by atoms with E-state index in [9.17, 15) is 13.2 Å². The van der Waals surface area contributed by atoms with E-state index >= 15 is 0 Å². The van der Waals surface area contributed by atoms with Crippen LogP contribution in [0.15, 0.2) is 12.1 Å². The summed E-state index contributed by atoms with van der Waals surface area (Å²) >= 11 is 1.76. The number of nitrogens with zero attached hydrogens (tertiary/aromatic N) is 1. The van der Waals surface area contributed by atoms with Gasteiger partial charge in [-0.05, 0) is 44.5 Å². The molecule has 108 valence electrons. The van der Waals surface area contributed by atoms with Crippen LogP contribution in [0.25, 0.3) is 0 Å². The highest BCUT2D eigenvalue weighted by atomic mass is 32.1. The quantitative estimate of drug-likeness (QED) is 0.897. The second-order valence-electron chi connectivity index (χ2n) is 5.15. The fourth-order valence-electron chi connectivity index (χ4n) is 2.46. The van der Waals surface area contributed by atoms with Crippen molar-refractivity contribution in [2.75, 3.05) is 26.2 Å². The van der Waals surface area contributed by atoms with Crippen LogP contribution in [0.4, 0.5) is 13.2 Å². The van der Waals surface area contributed by atoms with E-state index in [0.717, 1.165) is 19.5 Å². The minimum atomic E-state index is -4.07. The van der Waals surface area contributed by atoms with Gasteiger partial charge in [-0.25, -0.2) is 0 Å². The molecule has 19 heavy (non-hydrogen) atoms. The van der Waals surface area contributed by atoms with Crippen molar-refractivity contribution in [2.24, 2.45) is 5.92 Å². The Balaban J connectivity index is 1.65. The Bertz CT molecular complexity index is 403. The highest BCUT2D eigenvalue weighted by molar-refractivity contribution is 7.11. The van der Waals surface area contributed by atoms with E-state index in [2.05, 4.69) is 24.4 Å². The molecule has 0 radical (unpaired) electrons. The molecule has 0 aliphatic carbocycles. The molecule has 1 fully saturated rings. The van der Waals surface area contributed by atoms with E-state index in [1.165, 1.54) is 14.7 Å². The number of aryl methyl sites for hydroxylation is 1. The number of hydrogen-bond donors (Lipinski definition) is 1. The maximum Gasteiger partial charge on any atom is 0.401 e. The van der Waals surface area contributed by atoms with Gasteiger partial charge in [0.05, 0.1) is 6.54 Å². The molecule has 1 atom stereocenters. The molecule has 1 aliphatic heterocycles. The molecule has 0 aromatic carbocycles. The molecule has 6 heteroatoms. The average Bonchev–Trinajstić information content (AvgIpc) is 2.86. The van der Waals surface area contributed by atoms with Gasteiger partial charge in [0, 0.05) is 22.8 Å². The van der Waals surface area contributed by atoms with E-state index in [0.29, 0.717) is 19.0 Å². The number of alkyl halides is 3. The third kappa shape index (κ3) is 5.12. The van der Waals surface area contributed by atoms with Gasteiger partial charge in [-0.3, -0.25) is 4.90 Å². The number of thiophene rings is 1. The Morgan fingerprint density at radius 2 is 2.21 bits per heavy atom. The van der Waals surface area contributed by atoms with E-state index in [1.54, 1.807) is 11.3 Å². The lowest BCUT2D eigenvalue weighted by atomic mass is 10.1. The van der Waals surface area contributed by atoms with Gasteiger partial charge in [-0.2, -0.15) is 13.2 Å². The molecule has 2 heterocycles. The predicted octanol–water partition coefficient (Wildman–Crippen LogP) is 3.03. The van der Waals surface area contributed by atoms with Gasteiger partial charge in [0.25, 0.3) is 0 Å². The van der Waals surface area contributed by atoms with Crippen LogP contribution in [0, 0.1) is 12.8 Å². The molecule has 1 unspecified atom stereocenters. The fraction of sp³-hybridized carbons (Fsp3) is 0.692. The first-order chi connectivity index (χ1) is 8.92. The first-order valence-electron chi connectivity index (χ1n) is 6.47. The van der Waals surface area contributed by atoms with Gasteiger partial charge in [0.1, 0.15) is 0 Å². The summed E-state index contributed by atoms with van der Waals surface area (Å²) in [5.74, 6) is 0.336. The topological polar surface area (TPSA) is 15.3 Å². The summed E-state index contributed by atoms with van der Waals surface area (Å²) in [6.45, 7) is 4.02. The van der Waals surface area contributed by atoms with E-state index < -0.39 is 12.7 Å². The van der Waals surface area contributed by atoms with E-state index in [1.807, 2.05) is 0 Å². The molecule has 1 aliphatic rings. The van der Waals surface area contributed by atoms with Crippen LogP contribution in [0.2, 0.25) is 0 Å². The third-order valence-electron chi connectivity index (χ3n) is 3.30. The highest BCUT2D eigenvalue weighted by Crippen LogP contribution is 2.22. The summed E-state index contributed by atoms with van der Waals surface area (Å²) in [5.41, 5.74) is 0. The highest BCUT2D eigenvalue weighted by Gasteiger charge is 2.34. The van der Waals surface area contributed by atoms with Crippen LogP contribution < -0.4 is 5.32 Å². The Morgan fingerprint density at radius 3 is 2.84 bits per heavy atom. The smallest absolute Gasteiger partial charge is 0.312 e. The molecule has 0 amide bonds. The van der Waals surface area contributed by atoms with Gasteiger partial charge in [0.2, 0.25) is 0 Å². The number of hydrogen-bond acceptors (Lipinski definition) is 3. The predicted molar refractivity (Wildman–Crippen MR) is 71.4 cm³/mol. The molecule has 0 spiro atoms.